The van der Waals surface area contributed by atoms with E-state index in [0.717, 1.165) is 11.1 Å². The summed E-state index contributed by atoms with van der Waals surface area (Å²) in [5.74, 6) is -0.200. The van der Waals surface area contributed by atoms with Crippen LogP contribution in [0.5, 0.6) is 5.75 Å². The number of halogens is 4. The van der Waals surface area contributed by atoms with Crippen LogP contribution >= 0.6 is 0 Å². The van der Waals surface area contributed by atoms with E-state index < -0.39 is 6.36 Å². The smallest absolute Gasteiger partial charge is 0.405 e. The lowest BCUT2D eigenvalue weighted by Gasteiger charge is -2.43. The lowest BCUT2D eigenvalue weighted by atomic mass is 10.00. The topological polar surface area (TPSA) is 53.8 Å². The molecule has 196 valence electrons. The van der Waals surface area contributed by atoms with Crippen molar-refractivity contribution < 1.29 is 27.1 Å². The number of urea groups is 1. The van der Waals surface area contributed by atoms with Crippen LogP contribution in [0.1, 0.15) is 29.5 Å². The van der Waals surface area contributed by atoms with E-state index in [0.29, 0.717) is 44.0 Å². The molecule has 2 aliphatic heterocycles. The second kappa shape index (κ2) is 9.60. The quantitative estimate of drug-likeness (QED) is 0.427. The van der Waals surface area contributed by atoms with Crippen molar-refractivity contribution in [3.05, 3.63) is 71.2 Å². The Morgan fingerprint density at radius 1 is 1.08 bits per heavy atom. The van der Waals surface area contributed by atoms with Gasteiger partial charge in [-0.15, -0.1) is 13.2 Å². The molecule has 0 bridgehead atoms. The fraction of sp³-hybridized carbons (Fsp3) is 0.385. The average molecular weight is 518 g/mol. The molecule has 0 spiro atoms. The predicted molar refractivity (Wildman–Crippen MR) is 130 cm³/mol. The Morgan fingerprint density at radius 3 is 2.51 bits per heavy atom. The first-order valence-electron chi connectivity index (χ1n) is 12.0. The number of aryl methyl sites for hydroxylation is 2. The summed E-state index contributed by atoms with van der Waals surface area (Å²) in [6.45, 7) is 3.26. The molecule has 0 unspecified atom stereocenters. The molecule has 2 aliphatic rings. The summed E-state index contributed by atoms with van der Waals surface area (Å²) in [6.07, 6.45) is -1.76. The molecule has 0 N–H and O–H groups in total. The number of carbonyl (C=O) groups is 1. The van der Waals surface area contributed by atoms with Gasteiger partial charge in [0.2, 0.25) is 0 Å². The van der Waals surface area contributed by atoms with E-state index in [2.05, 4.69) is 9.84 Å². The van der Waals surface area contributed by atoms with Crippen molar-refractivity contribution in [3.8, 4) is 5.75 Å². The third kappa shape index (κ3) is 5.07. The van der Waals surface area contributed by atoms with Gasteiger partial charge in [-0.1, -0.05) is 30.3 Å². The maximum Gasteiger partial charge on any atom is 0.573 e. The van der Waals surface area contributed by atoms with Crippen LogP contribution in [-0.4, -0.2) is 46.2 Å². The van der Waals surface area contributed by atoms with E-state index in [1.54, 1.807) is 28.8 Å². The monoisotopic (exact) mass is 517 g/mol. The Bertz CT molecular complexity index is 1280. The van der Waals surface area contributed by atoms with Crippen LogP contribution in [0.25, 0.3) is 0 Å². The molecule has 3 heterocycles. The van der Waals surface area contributed by atoms with Crippen LogP contribution in [0.15, 0.2) is 48.7 Å². The highest BCUT2D eigenvalue weighted by atomic mass is 19.4. The third-order valence-corrected chi connectivity index (χ3v) is 6.89. The van der Waals surface area contributed by atoms with Gasteiger partial charge in [0.25, 0.3) is 0 Å². The number of alkyl halides is 3. The number of amides is 2. The number of carbonyl (C=O) groups excluding carboxylic acids is 1. The highest BCUT2D eigenvalue weighted by molar-refractivity contribution is 5.94. The third-order valence-electron chi connectivity index (χ3n) is 6.89. The van der Waals surface area contributed by atoms with Gasteiger partial charge in [-0.05, 0) is 37.5 Å². The minimum absolute atomic E-state index is 0.103. The first-order chi connectivity index (χ1) is 17.6. The van der Waals surface area contributed by atoms with Crippen molar-refractivity contribution >= 4 is 17.5 Å². The van der Waals surface area contributed by atoms with Crippen LogP contribution in [0.3, 0.4) is 0 Å². The lowest BCUT2D eigenvalue weighted by Crippen LogP contribution is -2.54. The Morgan fingerprint density at radius 2 is 1.81 bits per heavy atom. The number of fused-ring (bicyclic) bond motifs is 1. The molecule has 0 saturated carbocycles. The van der Waals surface area contributed by atoms with Crippen molar-refractivity contribution in [2.45, 2.75) is 45.3 Å². The fourth-order valence-electron chi connectivity index (χ4n) is 5.24. The largest absolute Gasteiger partial charge is 0.573 e. The van der Waals surface area contributed by atoms with Gasteiger partial charge in [-0.25, -0.2) is 9.18 Å². The summed E-state index contributed by atoms with van der Waals surface area (Å²) >= 11 is 0. The van der Waals surface area contributed by atoms with E-state index in [9.17, 15) is 22.4 Å². The number of rotatable bonds is 5. The molecule has 37 heavy (non-hydrogen) atoms. The molecule has 0 aliphatic carbocycles. The number of piperidine rings is 1. The molecule has 1 saturated heterocycles. The first kappa shape index (κ1) is 24.9. The zero-order valence-electron chi connectivity index (χ0n) is 20.5. The molecule has 11 heteroatoms. The minimum Gasteiger partial charge on any atom is -0.405 e. The summed E-state index contributed by atoms with van der Waals surface area (Å²) in [7, 11) is 1.74. The second-order valence-corrected chi connectivity index (χ2v) is 9.43. The number of anilines is 2. The number of ether oxygens (including phenoxy) is 1. The number of benzene rings is 2. The number of hydrogen-bond acceptors (Lipinski definition) is 4. The number of para-hydroxylation sites is 2. The Balaban J connectivity index is 1.38. The SMILES string of the molecule is Cc1cccc(F)c1N1CCC(N2Cc3cn(C)nc3N(Cc3ccccc3OC(F)(F)F)C2=O)CC1. The van der Waals surface area contributed by atoms with Gasteiger partial charge in [0.05, 0.1) is 18.8 Å². The number of nitrogens with zero attached hydrogens (tertiary/aromatic N) is 5. The van der Waals surface area contributed by atoms with Gasteiger partial charge in [-0.3, -0.25) is 9.58 Å². The van der Waals surface area contributed by atoms with Crippen LogP contribution in [0, 0.1) is 12.7 Å². The van der Waals surface area contributed by atoms with Gasteiger partial charge in [0, 0.05) is 43.5 Å². The van der Waals surface area contributed by atoms with E-state index in [-0.39, 0.29) is 35.7 Å². The summed E-state index contributed by atoms with van der Waals surface area (Å²) in [5, 5.41) is 4.42. The Hall–Kier alpha value is -3.76. The summed E-state index contributed by atoms with van der Waals surface area (Å²) in [4.78, 5) is 18.9. The second-order valence-electron chi connectivity index (χ2n) is 9.43. The molecule has 1 fully saturated rings. The van der Waals surface area contributed by atoms with E-state index in [1.165, 1.54) is 29.2 Å². The zero-order chi connectivity index (χ0) is 26.3. The van der Waals surface area contributed by atoms with Crippen LogP contribution in [0.4, 0.5) is 33.9 Å². The Kier molecular flexibility index (Phi) is 6.47. The summed E-state index contributed by atoms with van der Waals surface area (Å²) in [6, 6.07) is 10.4. The van der Waals surface area contributed by atoms with Crippen molar-refractivity contribution in [2.24, 2.45) is 7.05 Å². The van der Waals surface area contributed by atoms with Gasteiger partial charge in [-0.2, -0.15) is 5.10 Å². The molecular formula is C26H27F4N5O2. The van der Waals surface area contributed by atoms with Crippen molar-refractivity contribution in [1.29, 1.82) is 0 Å². The lowest BCUT2D eigenvalue weighted by molar-refractivity contribution is -0.274. The van der Waals surface area contributed by atoms with E-state index in [4.69, 9.17) is 0 Å². The number of aromatic nitrogens is 2. The van der Waals surface area contributed by atoms with Crippen LogP contribution in [0.2, 0.25) is 0 Å². The summed E-state index contributed by atoms with van der Waals surface area (Å²) < 4.78 is 59.2. The van der Waals surface area contributed by atoms with Crippen LogP contribution < -0.4 is 14.5 Å². The van der Waals surface area contributed by atoms with Gasteiger partial charge in [0.1, 0.15) is 11.6 Å². The van der Waals surface area contributed by atoms with Crippen molar-refractivity contribution in [1.82, 2.24) is 14.7 Å². The molecule has 1 aromatic heterocycles. The molecular weight excluding hydrogens is 490 g/mol. The van der Waals surface area contributed by atoms with E-state index >= 15 is 0 Å². The molecule has 2 amide bonds. The molecule has 0 atom stereocenters. The van der Waals surface area contributed by atoms with Gasteiger partial charge >= 0.3 is 12.4 Å². The normalized spacial score (nSPS) is 16.8. The van der Waals surface area contributed by atoms with Crippen molar-refractivity contribution in [3.63, 3.8) is 0 Å². The highest BCUT2D eigenvalue weighted by Gasteiger charge is 2.39. The molecule has 0 radical (unpaired) electrons. The van der Waals surface area contributed by atoms with E-state index in [1.807, 2.05) is 24.1 Å². The average Bonchev–Trinajstić information content (AvgIpc) is 3.21. The maximum atomic E-state index is 14.5. The molecule has 5 rings (SSSR count). The first-order valence-corrected chi connectivity index (χ1v) is 12.0. The highest BCUT2D eigenvalue weighted by Crippen LogP contribution is 2.35. The molecule has 7 nitrogen and oxygen atoms in total. The van der Waals surface area contributed by atoms with Gasteiger partial charge in [0.15, 0.2) is 5.82 Å². The predicted octanol–water partition coefficient (Wildman–Crippen LogP) is 5.38. The standard InChI is InChI=1S/C26H27F4N5O2/c1-17-6-5-8-21(27)23(17)33-12-10-20(11-13-33)34-16-19-14-32(2)31-24(19)35(25(34)36)15-18-7-3-4-9-22(18)37-26(28,29)30/h3-9,14,20H,10-13,15-16H2,1-2H3. The van der Waals surface area contributed by atoms with Crippen LogP contribution in [-0.2, 0) is 20.1 Å². The zero-order valence-corrected chi connectivity index (χ0v) is 20.5. The summed E-state index contributed by atoms with van der Waals surface area (Å²) in [5.41, 5.74) is 2.47. The maximum absolute atomic E-state index is 14.5. The minimum atomic E-state index is -4.85. The van der Waals surface area contributed by atoms with Gasteiger partial charge < -0.3 is 14.5 Å². The molecule has 2 aromatic carbocycles. The number of hydrogen-bond donors (Lipinski definition) is 0. The fourth-order valence-corrected chi connectivity index (χ4v) is 5.24. The Labute approximate surface area is 211 Å². The van der Waals surface area contributed by atoms with Crippen molar-refractivity contribution in [2.75, 3.05) is 22.9 Å². The molecule has 3 aromatic rings.